The molecule has 0 aliphatic heterocycles. The van der Waals surface area contributed by atoms with E-state index in [0.717, 1.165) is 5.56 Å². The Hall–Kier alpha value is -1.81. The van der Waals surface area contributed by atoms with Gasteiger partial charge in [0.2, 0.25) is 10.0 Å². The lowest BCUT2D eigenvalue weighted by molar-refractivity contribution is 0.315. The molecule has 142 valence electrons. The van der Waals surface area contributed by atoms with Crippen LogP contribution in [0.1, 0.15) is 10.4 Å². The Kier molecular flexibility index (Phi) is 6.87. The molecule has 0 amide bonds. The average Bonchev–Trinajstić information content (AvgIpc) is 3.09. The number of nitrogens with zero attached hydrogens (tertiary/aromatic N) is 3. The molecule has 0 atom stereocenters. The van der Waals surface area contributed by atoms with Gasteiger partial charge < -0.3 is 10.1 Å². The third-order valence-corrected chi connectivity index (χ3v) is 6.75. The van der Waals surface area contributed by atoms with Gasteiger partial charge in [-0.2, -0.15) is 0 Å². The molecule has 0 aliphatic rings. The lowest BCUT2D eigenvalue weighted by Crippen LogP contribution is -2.28. The smallest absolute Gasteiger partial charge is 0.243 e. The van der Waals surface area contributed by atoms with Crippen LogP contribution in [0.4, 0.5) is 4.39 Å². The Balaban J connectivity index is 2.10. The summed E-state index contributed by atoms with van der Waals surface area (Å²) in [5.74, 6) is -0.320. The molecule has 2 aromatic rings. The summed E-state index contributed by atoms with van der Waals surface area (Å²) in [6.07, 6.45) is 0.483. The molecule has 0 bridgehead atoms. The highest BCUT2D eigenvalue weighted by Crippen LogP contribution is 2.23. The van der Waals surface area contributed by atoms with Gasteiger partial charge in [-0.1, -0.05) is 17.3 Å². The van der Waals surface area contributed by atoms with Crippen LogP contribution in [0.15, 0.2) is 45.8 Å². The molecule has 0 unspecified atom stereocenters. The predicted octanol–water partition coefficient (Wildman–Crippen LogP) is 2.49. The van der Waals surface area contributed by atoms with Gasteiger partial charge in [0.25, 0.3) is 0 Å². The molecule has 6 nitrogen and oxygen atoms in total. The largest absolute Gasteiger partial charge is 0.411 e. The number of thiophene rings is 1. The summed E-state index contributed by atoms with van der Waals surface area (Å²) in [5, 5.41) is 14.0. The molecule has 1 aromatic carbocycles. The fraction of sp³-hybridized carbons (Fsp3) is 0.353. The highest BCUT2D eigenvalue weighted by atomic mass is 32.2. The Bertz CT molecular complexity index is 862. The molecule has 2 rings (SSSR count). The van der Waals surface area contributed by atoms with Crippen molar-refractivity contribution in [3.05, 3.63) is 52.0 Å². The van der Waals surface area contributed by atoms with Crippen molar-refractivity contribution in [2.24, 2.45) is 5.16 Å². The topological polar surface area (TPSA) is 73.2 Å². The second kappa shape index (κ2) is 8.72. The van der Waals surface area contributed by atoms with E-state index in [1.165, 1.54) is 40.9 Å². The van der Waals surface area contributed by atoms with Gasteiger partial charge in [-0.25, -0.2) is 17.1 Å². The Labute approximate surface area is 157 Å². The maximum Gasteiger partial charge on any atom is 0.243 e. The van der Waals surface area contributed by atoms with Gasteiger partial charge in [-0.15, -0.1) is 11.3 Å². The van der Waals surface area contributed by atoms with Gasteiger partial charge in [-0.3, -0.25) is 0 Å². The van der Waals surface area contributed by atoms with E-state index >= 15 is 0 Å². The van der Waals surface area contributed by atoms with Crippen molar-refractivity contribution >= 4 is 27.1 Å². The first-order chi connectivity index (χ1) is 12.2. The molecular formula is C17H22FN3O3S2. The molecule has 0 saturated heterocycles. The van der Waals surface area contributed by atoms with Crippen molar-refractivity contribution in [2.75, 3.05) is 34.2 Å². The standard InChI is InChI=1S/C17H22FN3O3S2/c1-20(2)11-16(19-22)17-10-15(12-25-17)26(23,24)21(3)9-8-13-4-6-14(18)7-5-13/h4-7,10,12,22H,8-9,11H2,1-3H3. The zero-order valence-electron chi connectivity index (χ0n) is 14.9. The van der Waals surface area contributed by atoms with Crippen molar-refractivity contribution < 1.29 is 18.0 Å². The molecular weight excluding hydrogens is 377 g/mol. The van der Waals surface area contributed by atoms with E-state index in [1.54, 1.807) is 17.5 Å². The van der Waals surface area contributed by atoms with Crippen LogP contribution in [-0.2, 0) is 16.4 Å². The van der Waals surface area contributed by atoms with Crippen molar-refractivity contribution in [2.45, 2.75) is 11.3 Å². The van der Waals surface area contributed by atoms with Crippen LogP contribution in [0.3, 0.4) is 0 Å². The molecule has 1 N–H and O–H groups in total. The van der Waals surface area contributed by atoms with Gasteiger partial charge in [0.15, 0.2) is 0 Å². The molecule has 0 radical (unpaired) electrons. The number of hydrogen-bond donors (Lipinski definition) is 1. The lowest BCUT2D eigenvalue weighted by Gasteiger charge is -2.16. The number of hydrogen-bond acceptors (Lipinski definition) is 6. The molecule has 0 spiro atoms. The van der Waals surface area contributed by atoms with E-state index in [4.69, 9.17) is 5.21 Å². The summed E-state index contributed by atoms with van der Waals surface area (Å²) in [6.45, 7) is 0.675. The van der Waals surface area contributed by atoms with Gasteiger partial charge >= 0.3 is 0 Å². The van der Waals surface area contributed by atoms with Crippen LogP contribution >= 0.6 is 11.3 Å². The molecule has 0 aliphatic carbocycles. The van der Waals surface area contributed by atoms with Gasteiger partial charge in [0.05, 0.1) is 9.77 Å². The van der Waals surface area contributed by atoms with Gasteiger partial charge in [-0.05, 0) is 44.3 Å². The van der Waals surface area contributed by atoms with Crippen molar-refractivity contribution in [1.29, 1.82) is 0 Å². The monoisotopic (exact) mass is 399 g/mol. The van der Waals surface area contributed by atoms with E-state index in [1.807, 2.05) is 19.0 Å². The third kappa shape index (κ3) is 5.10. The molecule has 0 saturated carbocycles. The van der Waals surface area contributed by atoms with E-state index in [-0.39, 0.29) is 17.3 Å². The summed E-state index contributed by atoms with van der Waals surface area (Å²) in [4.78, 5) is 2.60. The maximum atomic E-state index is 12.9. The van der Waals surface area contributed by atoms with E-state index in [2.05, 4.69) is 5.16 Å². The second-order valence-corrected chi connectivity index (χ2v) is 9.09. The minimum atomic E-state index is -3.65. The lowest BCUT2D eigenvalue weighted by atomic mass is 10.1. The average molecular weight is 400 g/mol. The Morgan fingerprint density at radius 1 is 1.23 bits per heavy atom. The first-order valence-electron chi connectivity index (χ1n) is 7.89. The first kappa shape index (κ1) is 20.5. The van der Waals surface area contributed by atoms with Crippen LogP contribution in [0.2, 0.25) is 0 Å². The van der Waals surface area contributed by atoms with E-state index in [9.17, 15) is 12.8 Å². The number of likely N-dealkylation sites (N-methyl/N-ethyl adjacent to an activating group) is 2. The van der Waals surface area contributed by atoms with E-state index in [0.29, 0.717) is 23.6 Å². The second-order valence-electron chi connectivity index (χ2n) is 6.13. The quantitative estimate of drug-likeness (QED) is 0.421. The Morgan fingerprint density at radius 3 is 2.46 bits per heavy atom. The fourth-order valence-corrected chi connectivity index (χ4v) is 4.71. The maximum absolute atomic E-state index is 12.9. The molecule has 9 heteroatoms. The van der Waals surface area contributed by atoms with Crippen LogP contribution in [0, 0.1) is 5.82 Å². The highest BCUT2D eigenvalue weighted by Gasteiger charge is 2.23. The van der Waals surface area contributed by atoms with Crippen molar-refractivity contribution in [1.82, 2.24) is 9.21 Å². The van der Waals surface area contributed by atoms with Crippen LogP contribution in [-0.4, -0.2) is 62.8 Å². The summed E-state index contributed by atoms with van der Waals surface area (Å²) < 4.78 is 39.6. The summed E-state index contributed by atoms with van der Waals surface area (Å²) >= 11 is 1.22. The minimum absolute atomic E-state index is 0.166. The van der Waals surface area contributed by atoms with Gasteiger partial charge in [0, 0.05) is 25.5 Å². The van der Waals surface area contributed by atoms with Crippen LogP contribution in [0.5, 0.6) is 0 Å². The predicted molar refractivity (Wildman–Crippen MR) is 101 cm³/mol. The number of halogens is 1. The highest BCUT2D eigenvalue weighted by molar-refractivity contribution is 7.89. The fourth-order valence-electron chi connectivity index (χ4n) is 2.30. The molecule has 26 heavy (non-hydrogen) atoms. The molecule has 1 aromatic heterocycles. The number of sulfonamides is 1. The van der Waals surface area contributed by atoms with E-state index < -0.39 is 10.0 Å². The number of oxime groups is 1. The minimum Gasteiger partial charge on any atom is -0.411 e. The number of benzene rings is 1. The zero-order chi connectivity index (χ0) is 19.3. The molecule has 0 fully saturated rings. The SMILES string of the molecule is CN(C)CC(=NO)c1cc(S(=O)(=O)N(C)CCc2ccc(F)cc2)cs1. The Morgan fingerprint density at radius 2 is 1.88 bits per heavy atom. The van der Waals surface area contributed by atoms with Crippen LogP contribution < -0.4 is 0 Å². The normalized spacial score (nSPS) is 12.9. The number of rotatable bonds is 8. The summed E-state index contributed by atoms with van der Waals surface area (Å²) in [5.41, 5.74) is 1.27. The van der Waals surface area contributed by atoms with Crippen LogP contribution in [0.25, 0.3) is 0 Å². The first-order valence-corrected chi connectivity index (χ1v) is 10.2. The van der Waals surface area contributed by atoms with Gasteiger partial charge in [0.1, 0.15) is 11.5 Å². The van der Waals surface area contributed by atoms with Crippen molar-refractivity contribution in [3.8, 4) is 0 Å². The summed E-state index contributed by atoms with van der Waals surface area (Å²) in [7, 11) is 1.53. The zero-order valence-corrected chi connectivity index (χ0v) is 16.5. The van der Waals surface area contributed by atoms with Crippen molar-refractivity contribution in [3.63, 3.8) is 0 Å². The molecule has 1 heterocycles. The third-order valence-electron chi connectivity index (χ3n) is 3.78. The summed E-state index contributed by atoms with van der Waals surface area (Å²) in [6, 6.07) is 7.52.